The monoisotopic (exact) mass is 212 g/mol. The zero-order chi connectivity index (χ0) is 11.5. The molecule has 1 amide bonds. The lowest BCUT2D eigenvalue weighted by Gasteiger charge is -2.38. The summed E-state index contributed by atoms with van der Waals surface area (Å²) in [5, 5.41) is 3.33. The first-order valence-corrected chi connectivity index (χ1v) is 6.03. The molecular weight excluding hydrogens is 188 g/mol. The fourth-order valence-electron chi connectivity index (χ4n) is 2.33. The molecule has 1 aliphatic rings. The molecule has 0 aromatic heterocycles. The molecule has 0 aromatic rings. The average molecular weight is 212 g/mol. The maximum absolute atomic E-state index is 12.4. The Bertz CT molecular complexity index is 220. The molecule has 0 aromatic carbocycles. The maximum Gasteiger partial charge on any atom is 0.230 e. The molecule has 1 unspecified atom stereocenters. The van der Waals surface area contributed by atoms with E-state index in [-0.39, 0.29) is 5.41 Å². The van der Waals surface area contributed by atoms with Crippen LogP contribution in [-0.2, 0) is 4.79 Å². The van der Waals surface area contributed by atoms with Gasteiger partial charge in [0.1, 0.15) is 0 Å². The second kappa shape index (κ2) is 4.97. The van der Waals surface area contributed by atoms with Crippen LogP contribution >= 0.6 is 0 Å². The van der Waals surface area contributed by atoms with Crippen LogP contribution in [-0.4, -0.2) is 36.5 Å². The van der Waals surface area contributed by atoms with Crippen molar-refractivity contribution in [1.82, 2.24) is 10.2 Å². The van der Waals surface area contributed by atoms with Gasteiger partial charge in [0.15, 0.2) is 0 Å². The number of hydrogen-bond donors (Lipinski definition) is 1. The van der Waals surface area contributed by atoms with Gasteiger partial charge in [0.2, 0.25) is 5.91 Å². The molecule has 1 saturated heterocycles. The van der Waals surface area contributed by atoms with E-state index in [9.17, 15) is 4.79 Å². The third-order valence-electron chi connectivity index (χ3n) is 3.34. The molecule has 3 heteroatoms. The van der Waals surface area contributed by atoms with E-state index >= 15 is 0 Å². The highest BCUT2D eigenvalue weighted by molar-refractivity contribution is 5.83. The quantitative estimate of drug-likeness (QED) is 0.771. The molecular formula is C12H24N2O. The zero-order valence-electron chi connectivity index (χ0n) is 10.5. The summed E-state index contributed by atoms with van der Waals surface area (Å²) in [5.41, 5.74) is -0.182. The Labute approximate surface area is 93.2 Å². The summed E-state index contributed by atoms with van der Waals surface area (Å²) in [6, 6.07) is 0.307. The van der Waals surface area contributed by atoms with Crippen molar-refractivity contribution < 1.29 is 4.79 Å². The van der Waals surface area contributed by atoms with E-state index in [2.05, 4.69) is 33.0 Å². The van der Waals surface area contributed by atoms with E-state index in [0.29, 0.717) is 11.9 Å². The van der Waals surface area contributed by atoms with Gasteiger partial charge in [0.25, 0.3) is 0 Å². The minimum Gasteiger partial charge on any atom is -0.340 e. The Morgan fingerprint density at radius 3 is 2.60 bits per heavy atom. The van der Waals surface area contributed by atoms with Crippen molar-refractivity contribution >= 4 is 5.91 Å². The van der Waals surface area contributed by atoms with Gasteiger partial charge in [-0.3, -0.25) is 4.79 Å². The first-order chi connectivity index (χ1) is 7.01. The standard InChI is InChI=1S/C12H24N2O/c1-5-14(10(2)3)11(15)12(4)7-6-8-13-9-12/h10,13H,5-9H2,1-4H3. The minimum atomic E-state index is -0.182. The molecule has 1 fully saturated rings. The number of hydrogen-bond acceptors (Lipinski definition) is 2. The van der Waals surface area contributed by atoms with Crippen molar-refractivity contribution in [2.75, 3.05) is 19.6 Å². The molecule has 0 bridgehead atoms. The van der Waals surface area contributed by atoms with Crippen LogP contribution in [0.1, 0.15) is 40.5 Å². The molecule has 3 nitrogen and oxygen atoms in total. The Hall–Kier alpha value is -0.570. The summed E-state index contributed by atoms with van der Waals surface area (Å²) in [5.74, 6) is 0.312. The Kier molecular flexibility index (Phi) is 4.14. The lowest BCUT2D eigenvalue weighted by molar-refractivity contribution is -0.143. The predicted molar refractivity (Wildman–Crippen MR) is 62.7 cm³/mol. The van der Waals surface area contributed by atoms with Crippen molar-refractivity contribution in [3.63, 3.8) is 0 Å². The maximum atomic E-state index is 12.4. The van der Waals surface area contributed by atoms with Crippen LogP contribution in [0.2, 0.25) is 0 Å². The minimum absolute atomic E-state index is 0.182. The van der Waals surface area contributed by atoms with Gasteiger partial charge in [-0.25, -0.2) is 0 Å². The van der Waals surface area contributed by atoms with Crippen molar-refractivity contribution in [2.45, 2.75) is 46.6 Å². The highest BCUT2D eigenvalue weighted by Crippen LogP contribution is 2.28. The van der Waals surface area contributed by atoms with E-state index in [4.69, 9.17) is 0 Å². The molecule has 88 valence electrons. The van der Waals surface area contributed by atoms with Crippen LogP contribution in [0.25, 0.3) is 0 Å². The Balaban J connectivity index is 2.71. The van der Waals surface area contributed by atoms with Crippen LogP contribution in [0, 0.1) is 5.41 Å². The Morgan fingerprint density at radius 2 is 2.20 bits per heavy atom. The van der Waals surface area contributed by atoms with Gasteiger partial charge in [0, 0.05) is 19.1 Å². The topological polar surface area (TPSA) is 32.3 Å². The molecule has 1 N–H and O–H groups in total. The molecule has 0 spiro atoms. The number of amides is 1. The lowest BCUT2D eigenvalue weighted by Crippen LogP contribution is -2.52. The summed E-state index contributed by atoms with van der Waals surface area (Å²) in [6.45, 7) is 11.0. The average Bonchev–Trinajstić information content (AvgIpc) is 2.19. The smallest absolute Gasteiger partial charge is 0.230 e. The van der Waals surface area contributed by atoms with Crippen molar-refractivity contribution in [3.05, 3.63) is 0 Å². The van der Waals surface area contributed by atoms with Crippen LogP contribution in [0.4, 0.5) is 0 Å². The normalized spacial score (nSPS) is 26.7. The summed E-state index contributed by atoms with van der Waals surface area (Å²) >= 11 is 0. The molecule has 0 radical (unpaired) electrons. The second-order valence-corrected chi connectivity index (χ2v) is 5.03. The van der Waals surface area contributed by atoms with E-state index in [0.717, 1.165) is 32.5 Å². The van der Waals surface area contributed by atoms with Gasteiger partial charge in [-0.15, -0.1) is 0 Å². The SMILES string of the molecule is CCN(C(=O)C1(C)CCCNC1)C(C)C. The van der Waals surface area contributed by atoms with Crippen molar-refractivity contribution in [3.8, 4) is 0 Å². The number of carbonyl (C=O) groups is 1. The summed E-state index contributed by atoms with van der Waals surface area (Å²) in [7, 11) is 0. The number of nitrogens with one attached hydrogen (secondary N) is 1. The third-order valence-corrected chi connectivity index (χ3v) is 3.34. The van der Waals surface area contributed by atoms with Crippen LogP contribution in [0.3, 0.4) is 0 Å². The largest absolute Gasteiger partial charge is 0.340 e. The second-order valence-electron chi connectivity index (χ2n) is 5.03. The summed E-state index contributed by atoms with van der Waals surface area (Å²) < 4.78 is 0. The van der Waals surface area contributed by atoms with E-state index in [1.165, 1.54) is 0 Å². The first-order valence-electron chi connectivity index (χ1n) is 6.03. The summed E-state index contributed by atoms with van der Waals surface area (Å²) in [4.78, 5) is 14.4. The fraction of sp³-hybridized carbons (Fsp3) is 0.917. The van der Waals surface area contributed by atoms with Gasteiger partial charge in [-0.1, -0.05) is 0 Å². The highest BCUT2D eigenvalue weighted by Gasteiger charge is 2.37. The number of rotatable bonds is 3. The molecule has 15 heavy (non-hydrogen) atoms. The van der Waals surface area contributed by atoms with E-state index in [1.807, 2.05) is 4.90 Å². The van der Waals surface area contributed by atoms with Gasteiger partial charge in [0.05, 0.1) is 5.41 Å². The third kappa shape index (κ3) is 2.71. The first kappa shape index (κ1) is 12.5. The van der Waals surface area contributed by atoms with E-state index in [1.54, 1.807) is 0 Å². The Morgan fingerprint density at radius 1 is 1.53 bits per heavy atom. The van der Waals surface area contributed by atoms with Crippen LogP contribution in [0.5, 0.6) is 0 Å². The van der Waals surface area contributed by atoms with Gasteiger partial charge in [-0.2, -0.15) is 0 Å². The molecule has 1 atom stereocenters. The molecule has 1 heterocycles. The van der Waals surface area contributed by atoms with Gasteiger partial charge >= 0.3 is 0 Å². The number of nitrogens with zero attached hydrogens (tertiary/aromatic N) is 1. The molecule has 0 saturated carbocycles. The number of piperidine rings is 1. The molecule has 1 aliphatic heterocycles. The van der Waals surface area contributed by atoms with E-state index < -0.39 is 0 Å². The van der Waals surface area contributed by atoms with Crippen molar-refractivity contribution in [1.29, 1.82) is 0 Å². The van der Waals surface area contributed by atoms with Gasteiger partial charge < -0.3 is 10.2 Å². The van der Waals surface area contributed by atoms with Crippen LogP contribution < -0.4 is 5.32 Å². The predicted octanol–water partition coefficient (Wildman–Crippen LogP) is 1.63. The fourth-order valence-corrected chi connectivity index (χ4v) is 2.33. The van der Waals surface area contributed by atoms with Crippen molar-refractivity contribution in [2.24, 2.45) is 5.41 Å². The molecule has 1 rings (SSSR count). The number of carbonyl (C=O) groups excluding carboxylic acids is 1. The lowest BCUT2D eigenvalue weighted by atomic mass is 9.81. The molecule has 0 aliphatic carbocycles. The zero-order valence-corrected chi connectivity index (χ0v) is 10.5. The highest BCUT2D eigenvalue weighted by atomic mass is 16.2. The van der Waals surface area contributed by atoms with Gasteiger partial charge in [-0.05, 0) is 47.1 Å². The summed E-state index contributed by atoms with van der Waals surface area (Å²) in [6.07, 6.45) is 2.12. The van der Waals surface area contributed by atoms with Crippen LogP contribution in [0.15, 0.2) is 0 Å².